The first-order valence-corrected chi connectivity index (χ1v) is 6.74. The normalized spacial score (nSPS) is 11.5. The molecule has 0 aliphatic heterocycles. The van der Waals surface area contributed by atoms with E-state index in [-0.39, 0.29) is 23.4 Å². The van der Waals surface area contributed by atoms with Gasteiger partial charge >= 0.3 is 6.16 Å². The van der Waals surface area contributed by atoms with Gasteiger partial charge in [-0.15, -0.1) is 0 Å². The molecule has 2 aromatic carbocycles. The monoisotopic (exact) mass is 332 g/mol. The van der Waals surface area contributed by atoms with Gasteiger partial charge in [0.2, 0.25) is 0 Å². The Balaban J connectivity index is 2.34. The molecule has 0 saturated carbocycles. The van der Waals surface area contributed by atoms with Gasteiger partial charge in [0.1, 0.15) is 6.10 Å². The number of nitro benzene ring substituents is 2. The number of ether oxygens (including phenoxy) is 1. The van der Waals surface area contributed by atoms with Crippen molar-refractivity contribution in [1.29, 1.82) is 0 Å². The number of hydrogen-bond donors (Lipinski definition) is 1. The van der Waals surface area contributed by atoms with Crippen molar-refractivity contribution >= 4 is 17.5 Å². The molecule has 2 rings (SSSR count). The van der Waals surface area contributed by atoms with Crippen molar-refractivity contribution < 1.29 is 24.5 Å². The molecule has 2 aromatic rings. The Labute approximate surface area is 135 Å². The molecule has 9 heteroatoms. The van der Waals surface area contributed by atoms with Crippen LogP contribution >= 0.6 is 0 Å². The highest BCUT2D eigenvalue weighted by molar-refractivity contribution is 5.58. The van der Waals surface area contributed by atoms with Crippen LogP contribution in [-0.4, -0.2) is 21.1 Å². The highest BCUT2D eigenvalue weighted by Crippen LogP contribution is 2.30. The lowest BCUT2D eigenvalue weighted by molar-refractivity contribution is -0.386. The van der Waals surface area contributed by atoms with Crippen LogP contribution in [0, 0.1) is 20.2 Å². The van der Waals surface area contributed by atoms with Crippen molar-refractivity contribution in [3.63, 3.8) is 0 Å². The van der Waals surface area contributed by atoms with E-state index in [1.54, 1.807) is 0 Å². The molecule has 0 radical (unpaired) electrons. The third-order valence-electron chi connectivity index (χ3n) is 3.29. The van der Waals surface area contributed by atoms with Crippen LogP contribution in [-0.2, 0) is 11.2 Å². The molecule has 9 nitrogen and oxygen atoms in total. The topological polar surface area (TPSA) is 133 Å². The first kappa shape index (κ1) is 16.9. The number of rotatable bonds is 6. The lowest BCUT2D eigenvalue weighted by atomic mass is 9.99. The van der Waals surface area contributed by atoms with E-state index >= 15 is 0 Å². The molecule has 0 aliphatic carbocycles. The molecular formula is C15H12N2O7. The van der Waals surface area contributed by atoms with E-state index in [0.717, 1.165) is 0 Å². The smallest absolute Gasteiger partial charge is 0.450 e. The maximum Gasteiger partial charge on any atom is 0.506 e. The Kier molecular flexibility index (Phi) is 5.05. The molecule has 0 bridgehead atoms. The third-order valence-corrected chi connectivity index (χ3v) is 3.29. The Hall–Kier alpha value is -3.49. The number of non-ortho nitro benzene ring substituents is 1. The first-order chi connectivity index (χ1) is 11.4. The first-order valence-electron chi connectivity index (χ1n) is 6.74. The number of nitrogens with zero attached hydrogens (tertiary/aromatic N) is 2. The van der Waals surface area contributed by atoms with E-state index in [1.165, 1.54) is 48.5 Å². The fourth-order valence-electron chi connectivity index (χ4n) is 2.23. The highest BCUT2D eigenvalue weighted by Gasteiger charge is 2.25. The molecule has 24 heavy (non-hydrogen) atoms. The quantitative estimate of drug-likeness (QED) is 0.486. The molecule has 0 spiro atoms. The average Bonchev–Trinajstić information content (AvgIpc) is 2.54. The van der Waals surface area contributed by atoms with Crippen LogP contribution in [0.15, 0.2) is 48.5 Å². The number of nitro groups is 2. The highest BCUT2D eigenvalue weighted by atomic mass is 16.7. The average molecular weight is 332 g/mol. The van der Waals surface area contributed by atoms with Gasteiger partial charge in [0.25, 0.3) is 11.4 Å². The predicted molar refractivity (Wildman–Crippen MR) is 81.7 cm³/mol. The van der Waals surface area contributed by atoms with Crippen molar-refractivity contribution in [2.45, 2.75) is 12.5 Å². The number of carbonyl (C=O) groups is 1. The Morgan fingerprint density at radius 1 is 1.04 bits per heavy atom. The molecule has 1 unspecified atom stereocenters. The van der Waals surface area contributed by atoms with Crippen molar-refractivity contribution in [2.75, 3.05) is 0 Å². The van der Waals surface area contributed by atoms with Crippen molar-refractivity contribution in [1.82, 2.24) is 0 Å². The minimum absolute atomic E-state index is 0.00908. The Morgan fingerprint density at radius 2 is 1.67 bits per heavy atom. The summed E-state index contributed by atoms with van der Waals surface area (Å²) in [6.45, 7) is 0. The SMILES string of the molecule is O=C(O)OC(Cc1ccc([N+](=O)[O-])cc1)c1ccccc1[N+](=O)[O-]. The van der Waals surface area contributed by atoms with Crippen molar-refractivity contribution in [2.24, 2.45) is 0 Å². The summed E-state index contributed by atoms with van der Waals surface area (Å²) in [5.41, 5.74) is 0.291. The lowest BCUT2D eigenvalue weighted by Crippen LogP contribution is -2.13. The van der Waals surface area contributed by atoms with E-state index in [0.29, 0.717) is 5.56 Å². The van der Waals surface area contributed by atoms with Crippen molar-refractivity contribution in [3.8, 4) is 0 Å². The zero-order valence-corrected chi connectivity index (χ0v) is 12.2. The van der Waals surface area contributed by atoms with Gasteiger partial charge in [-0.1, -0.05) is 24.3 Å². The van der Waals surface area contributed by atoms with Crippen LogP contribution < -0.4 is 0 Å². The largest absolute Gasteiger partial charge is 0.506 e. The summed E-state index contributed by atoms with van der Waals surface area (Å²) in [5.74, 6) is 0. The van der Waals surface area contributed by atoms with Crippen LogP contribution in [0.2, 0.25) is 0 Å². The van der Waals surface area contributed by atoms with E-state index in [1.807, 2.05) is 0 Å². The maximum absolute atomic E-state index is 11.1. The van der Waals surface area contributed by atoms with Crippen molar-refractivity contribution in [3.05, 3.63) is 79.9 Å². The van der Waals surface area contributed by atoms with E-state index in [9.17, 15) is 25.0 Å². The molecule has 0 aliphatic rings. The van der Waals surface area contributed by atoms with Gasteiger partial charge < -0.3 is 9.84 Å². The summed E-state index contributed by atoms with van der Waals surface area (Å²) >= 11 is 0. The minimum Gasteiger partial charge on any atom is -0.450 e. The second kappa shape index (κ2) is 7.18. The number of carboxylic acid groups (broad SMARTS) is 1. The Bertz CT molecular complexity index is 774. The molecule has 0 heterocycles. The van der Waals surface area contributed by atoms with Gasteiger partial charge in [0.05, 0.1) is 15.4 Å². The molecule has 1 N–H and O–H groups in total. The van der Waals surface area contributed by atoms with Crippen LogP contribution in [0.4, 0.5) is 16.2 Å². The second-order valence-electron chi connectivity index (χ2n) is 4.82. The van der Waals surface area contributed by atoms with Gasteiger partial charge in [-0.2, -0.15) is 0 Å². The molecule has 0 aromatic heterocycles. The van der Waals surface area contributed by atoms with Gasteiger partial charge in [0, 0.05) is 24.6 Å². The van der Waals surface area contributed by atoms with Crippen LogP contribution in [0.5, 0.6) is 0 Å². The van der Waals surface area contributed by atoms with Crippen LogP contribution in [0.25, 0.3) is 0 Å². The molecule has 1 atom stereocenters. The van der Waals surface area contributed by atoms with E-state index in [4.69, 9.17) is 9.84 Å². The zero-order chi connectivity index (χ0) is 17.7. The van der Waals surface area contributed by atoms with Gasteiger partial charge in [0.15, 0.2) is 0 Å². The fraction of sp³-hybridized carbons (Fsp3) is 0.133. The van der Waals surface area contributed by atoms with Crippen LogP contribution in [0.3, 0.4) is 0 Å². The summed E-state index contributed by atoms with van der Waals surface area (Å²) in [6.07, 6.45) is -2.67. The Morgan fingerprint density at radius 3 is 2.21 bits per heavy atom. The van der Waals surface area contributed by atoms with Gasteiger partial charge in [-0.3, -0.25) is 20.2 Å². The third kappa shape index (κ3) is 4.03. The summed E-state index contributed by atoms with van der Waals surface area (Å²) in [7, 11) is 0. The summed E-state index contributed by atoms with van der Waals surface area (Å²) in [5, 5.41) is 30.6. The maximum atomic E-state index is 11.1. The molecule has 0 amide bonds. The van der Waals surface area contributed by atoms with Crippen LogP contribution in [0.1, 0.15) is 17.2 Å². The standard InChI is InChI=1S/C15H12N2O7/c18-15(19)24-14(12-3-1-2-4-13(12)17(22)23)9-10-5-7-11(8-6-10)16(20)21/h1-8,14H,9H2,(H,18,19). The van der Waals surface area contributed by atoms with E-state index in [2.05, 4.69) is 0 Å². The number of benzene rings is 2. The minimum atomic E-state index is -1.57. The molecule has 0 fully saturated rings. The summed E-state index contributed by atoms with van der Waals surface area (Å²) in [4.78, 5) is 31.5. The van der Waals surface area contributed by atoms with Gasteiger partial charge in [-0.05, 0) is 11.6 Å². The fourth-order valence-corrected chi connectivity index (χ4v) is 2.23. The summed E-state index contributed by atoms with van der Waals surface area (Å²) < 4.78 is 4.79. The lowest BCUT2D eigenvalue weighted by Gasteiger charge is -2.16. The second-order valence-corrected chi connectivity index (χ2v) is 4.82. The van der Waals surface area contributed by atoms with Gasteiger partial charge in [-0.25, -0.2) is 4.79 Å². The molecular weight excluding hydrogens is 320 g/mol. The van der Waals surface area contributed by atoms with E-state index < -0.39 is 22.1 Å². The predicted octanol–water partition coefficient (Wildman–Crippen LogP) is 3.48. The summed E-state index contributed by atoms with van der Waals surface area (Å²) in [6, 6.07) is 11.1. The molecule has 0 saturated heterocycles. The number of para-hydroxylation sites is 1. The molecule has 124 valence electrons. The number of hydrogen-bond acceptors (Lipinski definition) is 6. The zero-order valence-electron chi connectivity index (χ0n) is 12.2.